The molecule has 2 heterocycles. The molecule has 0 aliphatic rings. The monoisotopic (exact) mass is 242 g/mol. The number of hydrogen-bond acceptors (Lipinski definition) is 4. The van der Waals surface area contributed by atoms with Crippen molar-refractivity contribution in [2.45, 2.75) is 13.5 Å². The molecule has 0 saturated carbocycles. The second-order valence-electron chi connectivity index (χ2n) is 3.86. The minimum atomic E-state index is -0.214. The lowest BCUT2D eigenvalue weighted by Crippen LogP contribution is -2.14. The van der Waals surface area contributed by atoms with Crippen molar-refractivity contribution in [2.24, 2.45) is 5.73 Å². The van der Waals surface area contributed by atoms with Gasteiger partial charge in [0.25, 0.3) is 5.91 Å². The van der Waals surface area contributed by atoms with Crippen molar-refractivity contribution in [2.75, 3.05) is 5.32 Å². The summed E-state index contributed by atoms with van der Waals surface area (Å²) in [6.07, 6.45) is 3.21. The first kappa shape index (κ1) is 12.2. The zero-order chi connectivity index (χ0) is 13.0. The van der Waals surface area contributed by atoms with E-state index in [1.807, 2.05) is 19.1 Å². The molecular formula is C13H14N4O. The summed E-state index contributed by atoms with van der Waals surface area (Å²) in [4.78, 5) is 20.2. The van der Waals surface area contributed by atoms with Crippen molar-refractivity contribution in [3.63, 3.8) is 0 Å². The number of amides is 1. The first-order chi connectivity index (χ1) is 8.70. The van der Waals surface area contributed by atoms with Crippen molar-refractivity contribution < 1.29 is 4.79 Å². The fraction of sp³-hybridized carbons (Fsp3) is 0.154. The van der Waals surface area contributed by atoms with Crippen LogP contribution in [0, 0.1) is 6.92 Å². The third kappa shape index (κ3) is 2.70. The molecule has 5 nitrogen and oxygen atoms in total. The van der Waals surface area contributed by atoms with Gasteiger partial charge in [0.05, 0.1) is 5.69 Å². The van der Waals surface area contributed by atoms with E-state index in [0.29, 0.717) is 23.6 Å². The Balaban J connectivity index is 2.19. The molecule has 2 aromatic rings. The quantitative estimate of drug-likeness (QED) is 0.854. The second kappa shape index (κ2) is 5.37. The molecule has 3 N–H and O–H groups in total. The normalized spacial score (nSPS) is 10.1. The minimum absolute atomic E-state index is 0.214. The Morgan fingerprint density at radius 1 is 1.33 bits per heavy atom. The molecule has 92 valence electrons. The Morgan fingerprint density at radius 2 is 2.17 bits per heavy atom. The number of nitrogens with one attached hydrogen (secondary N) is 1. The maximum Gasteiger partial charge on any atom is 0.256 e. The summed E-state index contributed by atoms with van der Waals surface area (Å²) in [5.74, 6) is 0.350. The molecule has 5 heteroatoms. The lowest BCUT2D eigenvalue weighted by Gasteiger charge is -2.07. The van der Waals surface area contributed by atoms with Gasteiger partial charge < -0.3 is 11.1 Å². The molecule has 0 saturated heterocycles. The third-order valence-electron chi connectivity index (χ3n) is 2.53. The van der Waals surface area contributed by atoms with Gasteiger partial charge in [0, 0.05) is 24.5 Å². The van der Waals surface area contributed by atoms with E-state index in [2.05, 4.69) is 15.3 Å². The van der Waals surface area contributed by atoms with Crippen LogP contribution in [0.5, 0.6) is 0 Å². The van der Waals surface area contributed by atoms with Crippen molar-refractivity contribution in [3.05, 3.63) is 53.5 Å². The van der Waals surface area contributed by atoms with Crippen LogP contribution in [0.3, 0.4) is 0 Å². The summed E-state index contributed by atoms with van der Waals surface area (Å²) in [7, 11) is 0. The number of pyridine rings is 2. The Bertz CT molecular complexity index is 568. The van der Waals surface area contributed by atoms with Crippen molar-refractivity contribution >= 4 is 11.7 Å². The molecule has 0 radical (unpaired) electrons. The smallest absolute Gasteiger partial charge is 0.256 e. The number of carbonyl (C=O) groups excluding carboxylic acids is 1. The van der Waals surface area contributed by atoms with Gasteiger partial charge in [-0.2, -0.15) is 0 Å². The Hall–Kier alpha value is -2.27. The number of nitrogens with zero attached hydrogens (tertiary/aromatic N) is 2. The maximum atomic E-state index is 12.0. The number of rotatable bonds is 3. The molecule has 0 aromatic carbocycles. The molecule has 0 fully saturated rings. The van der Waals surface area contributed by atoms with Gasteiger partial charge >= 0.3 is 0 Å². The molecule has 0 aliphatic heterocycles. The summed E-state index contributed by atoms with van der Waals surface area (Å²) in [6.45, 7) is 2.20. The molecule has 2 aromatic heterocycles. The minimum Gasteiger partial charge on any atom is -0.325 e. The lowest BCUT2D eigenvalue weighted by atomic mass is 10.2. The van der Waals surface area contributed by atoms with E-state index < -0.39 is 0 Å². The average Bonchev–Trinajstić information content (AvgIpc) is 2.41. The Morgan fingerprint density at radius 3 is 2.89 bits per heavy atom. The highest BCUT2D eigenvalue weighted by Gasteiger charge is 2.08. The summed E-state index contributed by atoms with van der Waals surface area (Å²) < 4.78 is 0. The van der Waals surface area contributed by atoms with E-state index in [1.165, 1.54) is 0 Å². The molecule has 18 heavy (non-hydrogen) atoms. The van der Waals surface area contributed by atoms with Gasteiger partial charge in [0.2, 0.25) is 0 Å². The summed E-state index contributed by atoms with van der Waals surface area (Å²) in [5.41, 5.74) is 7.61. The predicted molar refractivity (Wildman–Crippen MR) is 69.1 cm³/mol. The molecule has 0 spiro atoms. The zero-order valence-corrected chi connectivity index (χ0v) is 10.1. The van der Waals surface area contributed by atoms with E-state index in [-0.39, 0.29) is 5.91 Å². The molecule has 0 unspecified atom stereocenters. The highest BCUT2D eigenvalue weighted by atomic mass is 16.1. The van der Waals surface area contributed by atoms with Crippen LogP contribution in [0.4, 0.5) is 5.82 Å². The topological polar surface area (TPSA) is 80.9 Å². The van der Waals surface area contributed by atoms with Gasteiger partial charge in [-0.3, -0.25) is 9.78 Å². The van der Waals surface area contributed by atoms with Crippen LogP contribution < -0.4 is 11.1 Å². The fourth-order valence-electron chi connectivity index (χ4n) is 1.53. The van der Waals surface area contributed by atoms with Crippen LogP contribution in [-0.2, 0) is 6.54 Å². The number of nitrogens with two attached hydrogens (primary N) is 1. The summed E-state index contributed by atoms with van der Waals surface area (Å²) in [6, 6.07) is 7.03. The van der Waals surface area contributed by atoms with Gasteiger partial charge in [-0.1, -0.05) is 6.07 Å². The van der Waals surface area contributed by atoms with Crippen molar-refractivity contribution in [3.8, 4) is 0 Å². The molecule has 0 bridgehead atoms. The maximum absolute atomic E-state index is 12.0. The SMILES string of the molecule is Cc1cccnc1NC(=O)c1ccnc(CN)c1. The van der Waals surface area contributed by atoms with Gasteiger partial charge in [-0.15, -0.1) is 0 Å². The van der Waals surface area contributed by atoms with Gasteiger partial charge in [0.15, 0.2) is 0 Å². The lowest BCUT2D eigenvalue weighted by molar-refractivity contribution is 0.102. The molecule has 0 aliphatic carbocycles. The first-order valence-electron chi connectivity index (χ1n) is 5.58. The van der Waals surface area contributed by atoms with Crippen LogP contribution >= 0.6 is 0 Å². The van der Waals surface area contributed by atoms with Crippen LogP contribution in [0.25, 0.3) is 0 Å². The average molecular weight is 242 g/mol. The van der Waals surface area contributed by atoms with E-state index in [1.54, 1.807) is 24.5 Å². The van der Waals surface area contributed by atoms with Crippen LogP contribution in [0.15, 0.2) is 36.7 Å². The van der Waals surface area contributed by atoms with Gasteiger partial charge in [-0.25, -0.2) is 4.98 Å². The molecule has 2 rings (SSSR count). The standard InChI is InChI=1S/C13H14N4O/c1-9-3-2-5-16-12(9)17-13(18)10-4-6-15-11(7-10)8-14/h2-7H,8,14H2,1H3,(H,16,17,18). The summed E-state index contributed by atoms with van der Waals surface area (Å²) >= 11 is 0. The van der Waals surface area contributed by atoms with E-state index >= 15 is 0 Å². The van der Waals surface area contributed by atoms with Crippen LogP contribution in [0.2, 0.25) is 0 Å². The number of anilines is 1. The highest BCUT2D eigenvalue weighted by Crippen LogP contribution is 2.11. The third-order valence-corrected chi connectivity index (χ3v) is 2.53. The predicted octanol–water partition coefficient (Wildman–Crippen LogP) is 1.50. The summed E-state index contributed by atoms with van der Waals surface area (Å²) in [5, 5.41) is 2.76. The Labute approximate surface area is 105 Å². The van der Waals surface area contributed by atoms with Gasteiger partial charge in [0.1, 0.15) is 5.82 Å². The van der Waals surface area contributed by atoms with Crippen LogP contribution in [0.1, 0.15) is 21.6 Å². The Kier molecular flexibility index (Phi) is 3.64. The van der Waals surface area contributed by atoms with Gasteiger partial charge in [-0.05, 0) is 30.7 Å². The fourth-order valence-corrected chi connectivity index (χ4v) is 1.53. The van der Waals surface area contributed by atoms with Crippen LogP contribution in [-0.4, -0.2) is 15.9 Å². The first-order valence-corrected chi connectivity index (χ1v) is 5.58. The van der Waals surface area contributed by atoms with Crippen molar-refractivity contribution in [1.82, 2.24) is 9.97 Å². The highest BCUT2D eigenvalue weighted by molar-refractivity contribution is 6.04. The number of carbonyl (C=O) groups is 1. The number of hydrogen-bond donors (Lipinski definition) is 2. The molecule has 0 atom stereocenters. The van der Waals surface area contributed by atoms with Crippen molar-refractivity contribution in [1.29, 1.82) is 0 Å². The largest absolute Gasteiger partial charge is 0.325 e. The van der Waals surface area contributed by atoms with E-state index in [0.717, 1.165) is 5.56 Å². The zero-order valence-electron chi connectivity index (χ0n) is 10.1. The van der Waals surface area contributed by atoms with E-state index in [4.69, 9.17) is 5.73 Å². The molecular weight excluding hydrogens is 228 g/mol. The van der Waals surface area contributed by atoms with E-state index in [9.17, 15) is 4.79 Å². The second-order valence-corrected chi connectivity index (χ2v) is 3.86. The number of aromatic nitrogens is 2. The molecule has 1 amide bonds. The number of aryl methyl sites for hydroxylation is 1.